The lowest BCUT2D eigenvalue weighted by Gasteiger charge is -2.12. The summed E-state index contributed by atoms with van der Waals surface area (Å²) in [5.74, 6) is 1.55. The van der Waals surface area contributed by atoms with Crippen LogP contribution in [0.2, 0.25) is 0 Å². The molecule has 0 aliphatic carbocycles. The summed E-state index contributed by atoms with van der Waals surface area (Å²) >= 11 is 1.60. The number of nitrogens with zero attached hydrogens (tertiary/aromatic N) is 1. The third-order valence-electron chi connectivity index (χ3n) is 2.71. The molecule has 0 aliphatic rings. The van der Waals surface area contributed by atoms with Crippen molar-refractivity contribution in [1.29, 1.82) is 0 Å². The van der Waals surface area contributed by atoms with Gasteiger partial charge in [0.25, 0.3) is 0 Å². The molecule has 0 amide bonds. The fourth-order valence-electron chi connectivity index (χ4n) is 1.78. The van der Waals surface area contributed by atoms with E-state index in [1.807, 2.05) is 31.3 Å². The van der Waals surface area contributed by atoms with Gasteiger partial charge in [-0.05, 0) is 31.5 Å². The molecule has 5 heteroatoms. The molecule has 0 bridgehead atoms. The maximum absolute atomic E-state index is 5.69. The Kier molecular flexibility index (Phi) is 5.38. The molecule has 1 heterocycles. The van der Waals surface area contributed by atoms with Crippen LogP contribution in [-0.2, 0) is 6.54 Å². The van der Waals surface area contributed by atoms with Crippen LogP contribution < -0.4 is 15.2 Å². The van der Waals surface area contributed by atoms with Gasteiger partial charge in [-0.1, -0.05) is 6.92 Å². The average molecular weight is 292 g/mol. The summed E-state index contributed by atoms with van der Waals surface area (Å²) in [6, 6.07) is 5.93. The smallest absolute Gasteiger partial charge is 0.161 e. The predicted molar refractivity (Wildman–Crippen MR) is 82.4 cm³/mol. The molecule has 4 nitrogen and oxygen atoms in total. The van der Waals surface area contributed by atoms with Gasteiger partial charge in [-0.3, -0.25) is 0 Å². The third kappa shape index (κ3) is 3.49. The molecule has 2 aromatic rings. The first-order valence-corrected chi connectivity index (χ1v) is 7.64. The number of rotatable bonds is 7. The Morgan fingerprint density at radius 1 is 1.20 bits per heavy atom. The Morgan fingerprint density at radius 2 is 2.05 bits per heavy atom. The number of hydrogen-bond donors (Lipinski definition) is 1. The minimum atomic E-state index is 0.522. The Hall–Kier alpha value is -1.59. The summed E-state index contributed by atoms with van der Waals surface area (Å²) < 4.78 is 11.4. The second-order valence-electron chi connectivity index (χ2n) is 4.28. The molecule has 2 N–H and O–H groups in total. The lowest BCUT2D eigenvalue weighted by molar-refractivity contribution is 0.277. The number of nitrogens with two attached hydrogens (primary N) is 1. The van der Waals surface area contributed by atoms with E-state index in [-0.39, 0.29) is 0 Å². The summed E-state index contributed by atoms with van der Waals surface area (Å²) in [6.45, 7) is 5.87. The zero-order chi connectivity index (χ0) is 14.4. The number of ether oxygens (including phenoxy) is 2. The molecular formula is C15H20N2O2S. The van der Waals surface area contributed by atoms with Crippen molar-refractivity contribution < 1.29 is 9.47 Å². The fourth-order valence-corrected chi connectivity index (χ4v) is 2.56. The van der Waals surface area contributed by atoms with Crippen LogP contribution in [0.4, 0.5) is 0 Å². The zero-order valence-corrected chi connectivity index (χ0v) is 12.7. The van der Waals surface area contributed by atoms with Crippen LogP contribution in [0.15, 0.2) is 24.4 Å². The molecule has 0 unspecified atom stereocenters. The minimum absolute atomic E-state index is 0.522. The van der Waals surface area contributed by atoms with Gasteiger partial charge in [0.1, 0.15) is 5.01 Å². The van der Waals surface area contributed by atoms with E-state index in [1.54, 1.807) is 11.3 Å². The maximum Gasteiger partial charge on any atom is 0.161 e. The van der Waals surface area contributed by atoms with Crippen LogP contribution in [0.3, 0.4) is 0 Å². The molecule has 0 saturated carbocycles. The van der Waals surface area contributed by atoms with Gasteiger partial charge in [-0.15, -0.1) is 11.3 Å². The zero-order valence-electron chi connectivity index (χ0n) is 11.9. The van der Waals surface area contributed by atoms with Gasteiger partial charge < -0.3 is 15.2 Å². The van der Waals surface area contributed by atoms with Crippen LogP contribution in [0, 0.1) is 0 Å². The van der Waals surface area contributed by atoms with Crippen molar-refractivity contribution in [3.63, 3.8) is 0 Å². The maximum atomic E-state index is 5.69. The number of hydrogen-bond acceptors (Lipinski definition) is 5. The molecule has 0 spiro atoms. The summed E-state index contributed by atoms with van der Waals surface area (Å²) in [7, 11) is 0. The van der Waals surface area contributed by atoms with E-state index >= 15 is 0 Å². The van der Waals surface area contributed by atoms with Crippen molar-refractivity contribution >= 4 is 11.3 Å². The highest BCUT2D eigenvalue weighted by atomic mass is 32.1. The lowest BCUT2D eigenvalue weighted by atomic mass is 10.2. The van der Waals surface area contributed by atoms with E-state index in [2.05, 4.69) is 11.9 Å². The van der Waals surface area contributed by atoms with Gasteiger partial charge in [0.15, 0.2) is 11.5 Å². The lowest BCUT2D eigenvalue weighted by Crippen LogP contribution is -2.00. The molecule has 0 atom stereocenters. The normalized spacial score (nSPS) is 10.6. The predicted octanol–water partition coefficient (Wildman–Crippen LogP) is 3.46. The van der Waals surface area contributed by atoms with Crippen LogP contribution in [0.25, 0.3) is 10.6 Å². The molecule has 20 heavy (non-hydrogen) atoms. The SMILES string of the molecule is CCCOc1ccc(-c2ncc(CN)s2)cc1OCC. The molecule has 0 saturated heterocycles. The highest BCUT2D eigenvalue weighted by molar-refractivity contribution is 7.15. The van der Waals surface area contributed by atoms with Gasteiger partial charge in [-0.25, -0.2) is 4.98 Å². The molecule has 2 rings (SSSR count). The van der Waals surface area contributed by atoms with E-state index in [4.69, 9.17) is 15.2 Å². The molecule has 0 aliphatic heterocycles. The second kappa shape index (κ2) is 7.26. The van der Waals surface area contributed by atoms with Crippen LogP contribution in [0.1, 0.15) is 25.1 Å². The summed E-state index contributed by atoms with van der Waals surface area (Å²) in [5.41, 5.74) is 6.65. The first-order valence-electron chi connectivity index (χ1n) is 6.83. The summed E-state index contributed by atoms with van der Waals surface area (Å²) in [4.78, 5) is 5.47. The summed E-state index contributed by atoms with van der Waals surface area (Å²) in [6.07, 6.45) is 2.79. The quantitative estimate of drug-likeness (QED) is 0.849. The standard InChI is InChI=1S/C15H20N2O2S/c1-3-7-19-13-6-5-11(8-14(13)18-4-2)15-17-10-12(9-16)20-15/h5-6,8,10H,3-4,7,9,16H2,1-2H3. The van der Waals surface area contributed by atoms with Crippen LogP contribution >= 0.6 is 11.3 Å². The molecule has 0 radical (unpaired) electrons. The number of benzene rings is 1. The molecule has 108 valence electrons. The Balaban J connectivity index is 2.28. The third-order valence-corrected chi connectivity index (χ3v) is 3.78. The van der Waals surface area contributed by atoms with Gasteiger partial charge in [0.05, 0.1) is 13.2 Å². The Bertz CT molecular complexity index is 555. The van der Waals surface area contributed by atoms with Crippen LogP contribution in [-0.4, -0.2) is 18.2 Å². The van der Waals surface area contributed by atoms with Gasteiger partial charge in [-0.2, -0.15) is 0 Å². The molecule has 1 aromatic heterocycles. The van der Waals surface area contributed by atoms with Crippen molar-refractivity contribution in [2.45, 2.75) is 26.8 Å². The summed E-state index contributed by atoms with van der Waals surface area (Å²) in [5, 5.41) is 0.952. The van der Waals surface area contributed by atoms with E-state index in [0.29, 0.717) is 19.8 Å². The molecular weight excluding hydrogens is 272 g/mol. The van der Waals surface area contributed by atoms with Crippen molar-refractivity contribution in [3.8, 4) is 22.1 Å². The van der Waals surface area contributed by atoms with Crippen molar-refractivity contribution in [1.82, 2.24) is 4.98 Å². The van der Waals surface area contributed by atoms with Gasteiger partial charge >= 0.3 is 0 Å². The highest BCUT2D eigenvalue weighted by Crippen LogP contribution is 2.34. The number of aromatic nitrogens is 1. The largest absolute Gasteiger partial charge is 0.490 e. The van der Waals surface area contributed by atoms with E-state index in [9.17, 15) is 0 Å². The van der Waals surface area contributed by atoms with E-state index in [0.717, 1.165) is 33.4 Å². The monoisotopic (exact) mass is 292 g/mol. The average Bonchev–Trinajstić information content (AvgIpc) is 2.95. The Labute approximate surface area is 123 Å². The first-order chi connectivity index (χ1) is 9.78. The molecule has 0 fully saturated rings. The highest BCUT2D eigenvalue weighted by Gasteiger charge is 2.10. The van der Waals surface area contributed by atoms with Gasteiger partial charge in [0, 0.05) is 23.2 Å². The van der Waals surface area contributed by atoms with Gasteiger partial charge in [0.2, 0.25) is 0 Å². The Morgan fingerprint density at radius 3 is 2.70 bits per heavy atom. The van der Waals surface area contributed by atoms with E-state index < -0.39 is 0 Å². The topological polar surface area (TPSA) is 57.4 Å². The van der Waals surface area contributed by atoms with Crippen molar-refractivity contribution in [2.24, 2.45) is 5.73 Å². The van der Waals surface area contributed by atoms with Crippen molar-refractivity contribution in [2.75, 3.05) is 13.2 Å². The second-order valence-corrected chi connectivity index (χ2v) is 5.39. The van der Waals surface area contributed by atoms with Crippen LogP contribution in [0.5, 0.6) is 11.5 Å². The van der Waals surface area contributed by atoms with Crippen molar-refractivity contribution in [3.05, 3.63) is 29.3 Å². The molecule has 1 aromatic carbocycles. The number of thiazole rings is 1. The van der Waals surface area contributed by atoms with E-state index in [1.165, 1.54) is 0 Å². The fraction of sp³-hybridized carbons (Fsp3) is 0.400. The first kappa shape index (κ1) is 14.8. The minimum Gasteiger partial charge on any atom is -0.490 e.